The van der Waals surface area contributed by atoms with E-state index in [1.165, 1.54) is 0 Å². The number of hydrogen-bond acceptors (Lipinski definition) is 6. The molecule has 0 radical (unpaired) electrons. The van der Waals surface area contributed by atoms with Crippen LogP contribution in [0.4, 0.5) is 0 Å². The van der Waals surface area contributed by atoms with Gasteiger partial charge < -0.3 is 19.9 Å². The first kappa shape index (κ1) is 26.1. The van der Waals surface area contributed by atoms with E-state index in [1.54, 1.807) is 13.3 Å². The summed E-state index contributed by atoms with van der Waals surface area (Å²) in [5.74, 6) is -0.0654. The smallest absolute Gasteiger partial charge is 0.276 e. The van der Waals surface area contributed by atoms with E-state index in [0.717, 1.165) is 45.6 Å². The van der Waals surface area contributed by atoms with Gasteiger partial charge in [-0.3, -0.25) is 4.79 Å². The van der Waals surface area contributed by atoms with Crippen LogP contribution in [0.15, 0.2) is 6.20 Å². The Morgan fingerprint density at radius 3 is 2.48 bits per heavy atom. The molecule has 0 saturated carbocycles. The molecule has 158 valence electrons. The maximum atomic E-state index is 12.9. The van der Waals surface area contributed by atoms with E-state index in [2.05, 4.69) is 34.4 Å². The van der Waals surface area contributed by atoms with Crippen molar-refractivity contribution < 1.29 is 9.53 Å². The van der Waals surface area contributed by atoms with Crippen molar-refractivity contribution in [3.8, 4) is 0 Å². The van der Waals surface area contributed by atoms with Crippen LogP contribution in [-0.4, -0.2) is 90.2 Å². The van der Waals surface area contributed by atoms with E-state index in [1.807, 2.05) is 9.58 Å². The second kappa shape index (κ2) is 14.1. The van der Waals surface area contributed by atoms with E-state index in [9.17, 15) is 4.79 Å². The lowest BCUT2D eigenvalue weighted by molar-refractivity contribution is 0.0668. The van der Waals surface area contributed by atoms with Crippen LogP contribution in [0, 0.1) is 0 Å². The molecule has 0 bridgehead atoms. The number of ether oxygens (including phenoxy) is 1. The number of amides is 1. The minimum Gasteiger partial charge on any atom is -0.383 e. The predicted octanol–water partition coefficient (Wildman–Crippen LogP) is 1.48. The molecule has 1 amide bonds. The Morgan fingerprint density at radius 1 is 1.22 bits per heavy atom. The molecule has 8 nitrogen and oxygen atoms in total. The van der Waals surface area contributed by atoms with Gasteiger partial charge in [0.25, 0.3) is 5.91 Å². The van der Waals surface area contributed by atoms with Crippen LogP contribution in [0.3, 0.4) is 0 Å². The van der Waals surface area contributed by atoms with E-state index < -0.39 is 0 Å². The first-order valence-electron chi connectivity index (χ1n) is 9.32. The van der Waals surface area contributed by atoms with E-state index in [0.29, 0.717) is 31.4 Å². The molecular weight excluding hydrogens is 391 g/mol. The van der Waals surface area contributed by atoms with Gasteiger partial charge in [0.05, 0.1) is 18.8 Å². The minimum absolute atomic E-state index is 0. The number of nitrogens with zero attached hydrogens (tertiary/aromatic N) is 5. The van der Waals surface area contributed by atoms with Gasteiger partial charge in [-0.1, -0.05) is 19.1 Å². The van der Waals surface area contributed by atoms with Crippen LogP contribution in [0.1, 0.15) is 43.2 Å². The van der Waals surface area contributed by atoms with Crippen molar-refractivity contribution in [2.75, 3.05) is 59.5 Å². The SMILES string of the molecule is CCN(CC)CCN(CCOC)C(=O)c1cn(C2CCNCC2)nn1.Cl.Cl. The zero-order valence-electron chi connectivity index (χ0n) is 16.6. The second-order valence-corrected chi connectivity index (χ2v) is 6.38. The molecule has 2 heterocycles. The van der Waals surface area contributed by atoms with Gasteiger partial charge in [0.2, 0.25) is 0 Å². The summed E-state index contributed by atoms with van der Waals surface area (Å²) < 4.78 is 7.02. The highest BCUT2D eigenvalue weighted by atomic mass is 35.5. The first-order valence-corrected chi connectivity index (χ1v) is 9.32. The summed E-state index contributed by atoms with van der Waals surface area (Å²) in [4.78, 5) is 17.0. The Kier molecular flexibility index (Phi) is 13.6. The van der Waals surface area contributed by atoms with E-state index in [4.69, 9.17) is 4.74 Å². The molecule has 1 saturated heterocycles. The second-order valence-electron chi connectivity index (χ2n) is 6.38. The molecule has 1 N–H and O–H groups in total. The number of piperidine rings is 1. The zero-order valence-corrected chi connectivity index (χ0v) is 18.2. The molecule has 1 aliphatic heterocycles. The number of hydrogen-bond donors (Lipinski definition) is 1. The number of rotatable bonds is 10. The highest BCUT2D eigenvalue weighted by Gasteiger charge is 2.22. The largest absolute Gasteiger partial charge is 0.383 e. The first-order chi connectivity index (χ1) is 12.2. The molecule has 27 heavy (non-hydrogen) atoms. The Bertz CT molecular complexity index is 521. The normalized spacial score (nSPS) is 14.5. The topological polar surface area (TPSA) is 75.5 Å². The molecule has 0 aromatic carbocycles. The average Bonchev–Trinajstić information content (AvgIpc) is 3.15. The Morgan fingerprint density at radius 2 is 1.89 bits per heavy atom. The molecule has 2 rings (SSSR count). The average molecular weight is 425 g/mol. The van der Waals surface area contributed by atoms with Gasteiger partial charge in [0.15, 0.2) is 5.69 Å². The monoisotopic (exact) mass is 424 g/mol. The van der Waals surface area contributed by atoms with Crippen molar-refractivity contribution in [3.05, 3.63) is 11.9 Å². The number of methoxy groups -OCH3 is 1. The number of aromatic nitrogens is 3. The van der Waals surface area contributed by atoms with Gasteiger partial charge in [0.1, 0.15) is 0 Å². The van der Waals surface area contributed by atoms with Crippen LogP contribution in [-0.2, 0) is 4.74 Å². The van der Waals surface area contributed by atoms with Gasteiger partial charge in [0, 0.05) is 26.7 Å². The van der Waals surface area contributed by atoms with Crippen molar-refractivity contribution in [2.45, 2.75) is 32.7 Å². The minimum atomic E-state index is -0.0654. The number of nitrogens with one attached hydrogen (secondary N) is 1. The van der Waals surface area contributed by atoms with Crippen LogP contribution < -0.4 is 5.32 Å². The third-order valence-corrected chi connectivity index (χ3v) is 4.85. The van der Waals surface area contributed by atoms with Crippen molar-refractivity contribution in [1.82, 2.24) is 30.1 Å². The quantitative estimate of drug-likeness (QED) is 0.612. The third kappa shape index (κ3) is 7.91. The molecular formula is C17H34Cl2N6O2. The molecule has 0 aliphatic carbocycles. The number of halogens is 2. The van der Waals surface area contributed by atoms with Crippen molar-refractivity contribution in [1.29, 1.82) is 0 Å². The Balaban J connectivity index is 0.00000338. The molecule has 0 spiro atoms. The van der Waals surface area contributed by atoms with E-state index >= 15 is 0 Å². The maximum absolute atomic E-state index is 12.9. The summed E-state index contributed by atoms with van der Waals surface area (Å²) in [5, 5.41) is 11.7. The highest BCUT2D eigenvalue weighted by molar-refractivity contribution is 5.91. The molecule has 1 aliphatic rings. The van der Waals surface area contributed by atoms with Crippen LogP contribution in [0.5, 0.6) is 0 Å². The Labute approximate surface area is 174 Å². The number of likely N-dealkylation sites (N-methyl/N-ethyl adjacent to an activating group) is 1. The number of carbonyl (C=O) groups excluding carboxylic acids is 1. The summed E-state index contributed by atoms with van der Waals surface area (Å²) in [5.41, 5.74) is 0.425. The third-order valence-electron chi connectivity index (χ3n) is 4.85. The lowest BCUT2D eigenvalue weighted by Crippen LogP contribution is -2.40. The molecule has 0 unspecified atom stereocenters. The maximum Gasteiger partial charge on any atom is 0.276 e. The molecule has 1 aromatic rings. The van der Waals surface area contributed by atoms with Gasteiger partial charge in [-0.15, -0.1) is 29.9 Å². The summed E-state index contributed by atoms with van der Waals surface area (Å²) >= 11 is 0. The van der Waals surface area contributed by atoms with Gasteiger partial charge in [-0.05, 0) is 39.0 Å². The Hall–Kier alpha value is -0.930. The van der Waals surface area contributed by atoms with Gasteiger partial charge in [-0.25, -0.2) is 4.68 Å². The fourth-order valence-corrected chi connectivity index (χ4v) is 3.10. The van der Waals surface area contributed by atoms with Gasteiger partial charge in [-0.2, -0.15) is 0 Å². The molecule has 10 heteroatoms. The van der Waals surface area contributed by atoms with E-state index in [-0.39, 0.29) is 30.7 Å². The standard InChI is InChI=1S/C17H32N6O2.2ClH/c1-4-21(5-2)10-11-22(12-13-25-3)17(24)16-14-23(20-19-16)15-6-8-18-9-7-15;;/h14-15,18H,4-13H2,1-3H3;2*1H. The summed E-state index contributed by atoms with van der Waals surface area (Å²) in [6.45, 7) is 10.8. The highest BCUT2D eigenvalue weighted by Crippen LogP contribution is 2.17. The van der Waals surface area contributed by atoms with Crippen LogP contribution in [0.2, 0.25) is 0 Å². The lowest BCUT2D eigenvalue weighted by Gasteiger charge is -2.25. The lowest BCUT2D eigenvalue weighted by atomic mass is 10.1. The summed E-state index contributed by atoms with van der Waals surface area (Å²) in [6, 6.07) is 0.332. The van der Waals surface area contributed by atoms with Crippen molar-refractivity contribution >= 4 is 30.7 Å². The number of carbonyl (C=O) groups is 1. The van der Waals surface area contributed by atoms with Crippen molar-refractivity contribution in [2.24, 2.45) is 0 Å². The zero-order chi connectivity index (χ0) is 18.1. The summed E-state index contributed by atoms with van der Waals surface area (Å²) in [7, 11) is 1.65. The molecule has 1 aromatic heterocycles. The van der Waals surface area contributed by atoms with Gasteiger partial charge >= 0.3 is 0 Å². The van der Waals surface area contributed by atoms with Crippen molar-refractivity contribution in [3.63, 3.8) is 0 Å². The van der Waals surface area contributed by atoms with Crippen LogP contribution >= 0.6 is 24.8 Å². The molecule has 1 fully saturated rings. The summed E-state index contributed by atoms with van der Waals surface area (Å²) in [6.07, 6.45) is 3.84. The van der Waals surface area contributed by atoms with Crippen LogP contribution in [0.25, 0.3) is 0 Å². The fourth-order valence-electron chi connectivity index (χ4n) is 3.10. The molecule has 0 atom stereocenters. The fraction of sp³-hybridized carbons (Fsp3) is 0.824. The predicted molar refractivity (Wildman–Crippen MR) is 111 cm³/mol.